The van der Waals surface area contributed by atoms with Gasteiger partial charge in [0.05, 0.1) is 0 Å². The van der Waals surface area contributed by atoms with E-state index in [9.17, 15) is 18.9 Å². The summed E-state index contributed by atoms with van der Waals surface area (Å²) in [6, 6.07) is 0. The summed E-state index contributed by atoms with van der Waals surface area (Å²) in [5.74, 6) is -2.14. The first-order valence-electron chi connectivity index (χ1n) is 6.87. The molecule has 0 saturated carbocycles. The minimum Gasteiger partial charge on any atom is -0.453 e. The van der Waals surface area contributed by atoms with Gasteiger partial charge in [0.2, 0.25) is 6.41 Å². The molecule has 0 fully saturated rings. The summed E-state index contributed by atoms with van der Waals surface area (Å²) in [6.45, 7) is 5.04. The molecule has 0 aliphatic carbocycles. The van der Waals surface area contributed by atoms with Gasteiger partial charge in [-0.3, -0.25) is 23.5 Å². The van der Waals surface area contributed by atoms with Crippen LogP contribution in [0.4, 0.5) is 0 Å². The van der Waals surface area contributed by atoms with Gasteiger partial charge < -0.3 is 4.74 Å². The van der Waals surface area contributed by atoms with Gasteiger partial charge in [-0.2, -0.15) is 0 Å². The molecule has 0 bridgehead atoms. The average Bonchev–Trinajstić information content (AvgIpc) is 2.42. The highest BCUT2D eigenvalue weighted by molar-refractivity contribution is 8.57. The van der Waals surface area contributed by atoms with E-state index >= 15 is 0 Å². The van der Waals surface area contributed by atoms with E-state index in [0.29, 0.717) is 12.8 Å². The molecule has 0 aromatic carbocycles. The molecule has 0 aliphatic heterocycles. The van der Waals surface area contributed by atoms with E-state index in [4.69, 9.17) is 4.74 Å². The summed E-state index contributed by atoms with van der Waals surface area (Å²) < 4.78 is 19.8. The molecule has 22 heavy (non-hydrogen) atoms. The third kappa shape index (κ3) is 5.65. The van der Waals surface area contributed by atoms with Gasteiger partial charge in [-0.05, 0) is 27.2 Å². The summed E-state index contributed by atoms with van der Waals surface area (Å²) in [4.78, 5) is 35.1. The standard InChI is InChI=1S/C13H25N2O5PS/c1-8-10(2)22-21(19,14(6)9-16)15(7)11(17)12(18)20-13(3,4)5/h9-10H,8H2,1-7H3. The lowest BCUT2D eigenvalue weighted by molar-refractivity contribution is -0.165. The number of rotatable bonds is 6. The normalized spacial score (nSPS) is 15.4. The highest BCUT2D eigenvalue weighted by atomic mass is 32.7. The number of hydrogen-bond acceptors (Lipinski definition) is 6. The molecule has 0 aromatic rings. The Morgan fingerprint density at radius 2 is 1.82 bits per heavy atom. The van der Waals surface area contributed by atoms with E-state index in [1.165, 1.54) is 14.1 Å². The molecule has 7 nitrogen and oxygen atoms in total. The quantitative estimate of drug-likeness (QED) is 0.316. The van der Waals surface area contributed by atoms with Gasteiger partial charge in [0.25, 0.3) is 0 Å². The summed E-state index contributed by atoms with van der Waals surface area (Å²) >= 11 is 0.999. The fourth-order valence-corrected chi connectivity index (χ4v) is 6.12. The maximum atomic E-state index is 13.1. The Morgan fingerprint density at radius 1 is 1.32 bits per heavy atom. The van der Waals surface area contributed by atoms with E-state index in [1.807, 2.05) is 13.8 Å². The molecule has 0 rings (SSSR count). The molecule has 0 aliphatic rings. The Balaban J connectivity index is 5.40. The number of esters is 1. The van der Waals surface area contributed by atoms with Crippen LogP contribution in [0.3, 0.4) is 0 Å². The van der Waals surface area contributed by atoms with Crippen LogP contribution < -0.4 is 0 Å². The maximum absolute atomic E-state index is 13.1. The van der Waals surface area contributed by atoms with E-state index in [-0.39, 0.29) is 5.25 Å². The van der Waals surface area contributed by atoms with Gasteiger partial charge in [-0.25, -0.2) is 4.79 Å². The lowest BCUT2D eigenvalue weighted by Gasteiger charge is -2.33. The molecular weight excluding hydrogens is 327 g/mol. The van der Waals surface area contributed by atoms with Crippen LogP contribution in [0, 0.1) is 0 Å². The van der Waals surface area contributed by atoms with Crippen molar-refractivity contribution in [1.82, 2.24) is 9.34 Å². The van der Waals surface area contributed by atoms with E-state index < -0.39 is 24.1 Å². The van der Waals surface area contributed by atoms with Gasteiger partial charge in [-0.15, -0.1) is 0 Å². The highest BCUT2D eigenvalue weighted by Gasteiger charge is 2.41. The van der Waals surface area contributed by atoms with Crippen LogP contribution in [0.5, 0.6) is 0 Å². The summed E-state index contributed by atoms with van der Waals surface area (Å²) in [5.41, 5.74) is -0.835. The Bertz CT molecular complexity index is 478. The molecule has 0 saturated heterocycles. The minimum absolute atomic E-state index is 0.0536. The Kier molecular flexibility index (Phi) is 7.65. The molecule has 128 valence electrons. The smallest absolute Gasteiger partial charge is 0.397 e. The van der Waals surface area contributed by atoms with Crippen molar-refractivity contribution in [3.63, 3.8) is 0 Å². The van der Waals surface area contributed by atoms with E-state index in [1.54, 1.807) is 20.8 Å². The maximum Gasteiger partial charge on any atom is 0.397 e. The van der Waals surface area contributed by atoms with Crippen LogP contribution in [-0.4, -0.2) is 52.6 Å². The van der Waals surface area contributed by atoms with Crippen LogP contribution in [-0.2, 0) is 23.7 Å². The van der Waals surface area contributed by atoms with Crippen molar-refractivity contribution < 1.29 is 23.7 Å². The van der Waals surface area contributed by atoms with Crippen molar-refractivity contribution in [2.75, 3.05) is 14.1 Å². The summed E-state index contributed by atoms with van der Waals surface area (Å²) in [7, 11) is 2.56. The molecule has 2 unspecified atom stereocenters. The zero-order valence-corrected chi connectivity index (χ0v) is 15.9. The second kappa shape index (κ2) is 8.02. The Hall–Kier alpha value is -1.01. The van der Waals surface area contributed by atoms with Crippen LogP contribution in [0.25, 0.3) is 0 Å². The van der Waals surface area contributed by atoms with E-state index in [2.05, 4.69) is 0 Å². The van der Waals surface area contributed by atoms with Gasteiger partial charge in [0.1, 0.15) is 5.60 Å². The Morgan fingerprint density at radius 3 is 2.18 bits per heavy atom. The number of carbonyl (C=O) groups is 3. The summed E-state index contributed by atoms with van der Waals surface area (Å²) in [6.07, 6.45) is 1.09. The van der Waals surface area contributed by atoms with Crippen molar-refractivity contribution in [2.45, 2.75) is 51.9 Å². The molecule has 0 heterocycles. The van der Waals surface area contributed by atoms with Crippen molar-refractivity contribution in [1.29, 1.82) is 0 Å². The lowest BCUT2D eigenvalue weighted by atomic mass is 10.2. The van der Waals surface area contributed by atoms with Gasteiger partial charge in [0.15, 0.2) is 0 Å². The third-order valence-electron chi connectivity index (χ3n) is 2.69. The Labute approximate surface area is 136 Å². The molecule has 0 N–H and O–H groups in total. The van der Waals surface area contributed by atoms with Crippen molar-refractivity contribution >= 4 is 36.3 Å². The minimum atomic E-state index is -3.58. The predicted octanol–water partition coefficient (Wildman–Crippen LogP) is 2.51. The topological polar surface area (TPSA) is 84.0 Å². The number of carbonyl (C=O) groups excluding carboxylic acids is 3. The number of ether oxygens (including phenoxy) is 1. The fraction of sp³-hybridized carbons (Fsp3) is 0.769. The first-order chi connectivity index (χ1) is 9.89. The number of hydrogen-bond donors (Lipinski definition) is 0. The van der Waals surface area contributed by atoms with Crippen molar-refractivity contribution in [2.24, 2.45) is 0 Å². The SMILES string of the molecule is CCC(C)SP(=O)(N(C)C=O)N(C)C(=O)C(=O)OC(C)(C)C. The highest BCUT2D eigenvalue weighted by Crippen LogP contribution is 2.64. The number of likely N-dealkylation sites (N-methyl/N-ethyl adjacent to an activating group) is 1. The summed E-state index contributed by atoms with van der Waals surface area (Å²) in [5, 5.41) is -0.0536. The zero-order valence-electron chi connectivity index (χ0n) is 14.2. The van der Waals surface area contributed by atoms with Crippen LogP contribution in [0.15, 0.2) is 0 Å². The van der Waals surface area contributed by atoms with Crippen molar-refractivity contribution in [3.05, 3.63) is 0 Å². The largest absolute Gasteiger partial charge is 0.453 e. The van der Waals surface area contributed by atoms with Gasteiger partial charge in [0, 0.05) is 19.3 Å². The first kappa shape index (κ1) is 21.0. The van der Waals surface area contributed by atoms with Crippen LogP contribution in [0.1, 0.15) is 41.0 Å². The fourth-order valence-electron chi connectivity index (χ4n) is 1.29. The van der Waals surface area contributed by atoms with Crippen molar-refractivity contribution in [3.8, 4) is 0 Å². The predicted molar refractivity (Wildman–Crippen MR) is 87.4 cm³/mol. The lowest BCUT2D eigenvalue weighted by Crippen LogP contribution is -2.38. The molecule has 9 heteroatoms. The molecular formula is C13H25N2O5PS. The number of amides is 2. The molecule has 2 atom stereocenters. The molecule has 0 radical (unpaired) electrons. The second-order valence-electron chi connectivity index (χ2n) is 5.82. The molecule has 2 amide bonds. The average molecular weight is 352 g/mol. The third-order valence-corrected chi connectivity index (χ3v) is 8.90. The monoisotopic (exact) mass is 352 g/mol. The zero-order chi connectivity index (χ0) is 17.7. The van der Waals surface area contributed by atoms with Gasteiger partial charge in [-0.1, -0.05) is 25.2 Å². The molecule has 0 aromatic heterocycles. The molecule has 0 spiro atoms. The van der Waals surface area contributed by atoms with Gasteiger partial charge >= 0.3 is 18.5 Å². The first-order valence-corrected chi connectivity index (χ1v) is 9.97. The van der Waals surface area contributed by atoms with E-state index in [0.717, 1.165) is 20.7 Å². The number of nitrogens with zero attached hydrogens (tertiary/aromatic N) is 2. The van der Waals surface area contributed by atoms with Crippen LogP contribution >= 0.6 is 18.0 Å². The van der Waals surface area contributed by atoms with Crippen LogP contribution in [0.2, 0.25) is 0 Å². The second-order valence-corrected chi connectivity index (χ2v) is 11.1.